The highest BCUT2D eigenvalue weighted by molar-refractivity contribution is 5.30. The molecule has 1 nitrogen and oxygen atoms in total. The lowest BCUT2D eigenvalue weighted by Crippen LogP contribution is -1.91. The molecule has 0 aliphatic rings. The number of aliphatic hydroxyl groups is 1. The lowest BCUT2D eigenvalue weighted by Gasteiger charge is -2.00. The maximum Gasteiger partial charge on any atom is 0.144 e. The van der Waals surface area contributed by atoms with Gasteiger partial charge in [-0.25, -0.2) is 0 Å². The summed E-state index contributed by atoms with van der Waals surface area (Å²) in [4.78, 5) is 0. The highest BCUT2D eigenvalue weighted by Gasteiger charge is 1.99. The maximum atomic E-state index is 9.13. The first-order valence-electron chi connectivity index (χ1n) is 3.08. The third kappa shape index (κ3) is 1.45. The molecule has 0 heterocycles. The molecule has 0 saturated heterocycles. The Bertz CT molecular complexity index is 203. The molecular weight excluding hydrogens is 124 g/mol. The van der Waals surface area contributed by atoms with Crippen LogP contribution in [0.4, 0.5) is 0 Å². The largest absolute Gasteiger partial charge is 0.377 e. The SMILES string of the molecule is C=C[C](O)c1ccccc1. The molecule has 0 saturated carbocycles. The van der Waals surface area contributed by atoms with Crippen molar-refractivity contribution in [1.82, 2.24) is 0 Å². The monoisotopic (exact) mass is 133 g/mol. The summed E-state index contributed by atoms with van der Waals surface area (Å²) < 4.78 is 0. The van der Waals surface area contributed by atoms with Gasteiger partial charge in [0.2, 0.25) is 0 Å². The Morgan fingerprint density at radius 3 is 2.40 bits per heavy atom. The second kappa shape index (κ2) is 3.18. The van der Waals surface area contributed by atoms with E-state index in [1.165, 1.54) is 6.08 Å². The Hall–Kier alpha value is -1.08. The first-order chi connectivity index (χ1) is 4.84. The third-order valence-electron chi connectivity index (χ3n) is 1.26. The molecule has 1 heteroatoms. The minimum Gasteiger partial charge on any atom is -0.377 e. The summed E-state index contributed by atoms with van der Waals surface area (Å²) >= 11 is 0. The first-order valence-corrected chi connectivity index (χ1v) is 3.08. The molecule has 1 aromatic carbocycles. The van der Waals surface area contributed by atoms with Crippen LogP contribution < -0.4 is 0 Å². The average Bonchev–Trinajstić information content (AvgIpc) is 2.05. The molecule has 0 aliphatic carbocycles. The van der Waals surface area contributed by atoms with Crippen LogP contribution in [0.3, 0.4) is 0 Å². The van der Waals surface area contributed by atoms with Crippen LogP contribution in [0.1, 0.15) is 5.56 Å². The molecule has 1 radical (unpaired) electrons. The van der Waals surface area contributed by atoms with Crippen LogP contribution in [0.25, 0.3) is 0 Å². The van der Waals surface area contributed by atoms with Crippen molar-refractivity contribution >= 4 is 0 Å². The van der Waals surface area contributed by atoms with Crippen molar-refractivity contribution in [3.05, 3.63) is 54.7 Å². The zero-order chi connectivity index (χ0) is 7.40. The lowest BCUT2D eigenvalue weighted by atomic mass is 10.1. The van der Waals surface area contributed by atoms with Gasteiger partial charge in [-0.2, -0.15) is 0 Å². The van der Waals surface area contributed by atoms with Crippen molar-refractivity contribution in [1.29, 1.82) is 0 Å². The molecule has 0 spiro atoms. The Morgan fingerprint density at radius 2 is 1.90 bits per heavy atom. The van der Waals surface area contributed by atoms with Crippen molar-refractivity contribution in [2.75, 3.05) is 0 Å². The van der Waals surface area contributed by atoms with E-state index in [0.717, 1.165) is 5.56 Å². The van der Waals surface area contributed by atoms with Crippen LogP contribution in [-0.2, 0) is 0 Å². The molecule has 0 aliphatic heterocycles. The van der Waals surface area contributed by atoms with Gasteiger partial charge in [0.05, 0.1) is 0 Å². The summed E-state index contributed by atoms with van der Waals surface area (Å²) in [6.45, 7) is 3.45. The summed E-state index contributed by atoms with van der Waals surface area (Å²) in [6.07, 6.45) is 1.65. The van der Waals surface area contributed by atoms with Crippen LogP contribution in [0.15, 0.2) is 43.0 Å². The minimum atomic E-state index is 0.223. The normalized spacial score (nSPS) is 9.80. The van der Waals surface area contributed by atoms with Gasteiger partial charge in [0.1, 0.15) is 6.10 Å². The van der Waals surface area contributed by atoms with Crippen molar-refractivity contribution in [2.45, 2.75) is 0 Å². The van der Waals surface area contributed by atoms with Gasteiger partial charge in [-0.05, 0) is 5.56 Å². The van der Waals surface area contributed by atoms with Gasteiger partial charge in [-0.15, -0.1) is 0 Å². The van der Waals surface area contributed by atoms with Crippen LogP contribution >= 0.6 is 0 Å². The van der Waals surface area contributed by atoms with Crippen LogP contribution in [0.2, 0.25) is 0 Å². The van der Waals surface area contributed by atoms with Gasteiger partial charge in [0, 0.05) is 0 Å². The van der Waals surface area contributed by atoms with Crippen molar-refractivity contribution < 1.29 is 5.11 Å². The molecular formula is C9H9O. The van der Waals surface area contributed by atoms with Gasteiger partial charge in [-0.3, -0.25) is 0 Å². The third-order valence-corrected chi connectivity index (χ3v) is 1.26. The molecule has 0 unspecified atom stereocenters. The Kier molecular flexibility index (Phi) is 2.24. The molecule has 0 bridgehead atoms. The van der Waals surface area contributed by atoms with Crippen molar-refractivity contribution in [2.24, 2.45) is 0 Å². The topological polar surface area (TPSA) is 20.2 Å². The van der Waals surface area contributed by atoms with E-state index in [0.29, 0.717) is 0 Å². The van der Waals surface area contributed by atoms with Crippen LogP contribution in [0, 0.1) is 6.10 Å². The molecule has 0 amide bonds. The van der Waals surface area contributed by atoms with Crippen molar-refractivity contribution in [3.63, 3.8) is 0 Å². The molecule has 1 N–H and O–H groups in total. The molecule has 1 aromatic rings. The first kappa shape index (κ1) is 7.03. The fourth-order valence-electron chi connectivity index (χ4n) is 0.727. The predicted molar refractivity (Wildman–Crippen MR) is 40.9 cm³/mol. The second-order valence-electron chi connectivity index (χ2n) is 1.96. The Morgan fingerprint density at radius 1 is 1.30 bits per heavy atom. The number of hydrogen-bond donors (Lipinski definition) is 1. The summed E-state index contributed by atoms with van der Waals surface area (Å²) in [5, 5.41) is 9.13. The fraction of sp³-hybridized carbons (Fsp3) is 0. The zero-order valence-electron chi connectivity index (χ0n) is 5.62. The summed E-state index contributed by atoms with van der Waals surface area (Å²) in [6, 6.07) is 9.30. The average molecular weight is 133 g/mol. The Labute approximate surface area is 60.6 Å². The van der Waals surface area contributed by atoms with Gasteiger partial charge >= 0.3 is 0 Å². The van der Waals surface area contributed by atoms with E-state index in [9.17, 15) is 0 Å². The summed E-state index contributed by atoms with van der Waals surface area (Å²) in [5.41, 5.74) is 0.803. The number of aliphatic hydroxyl groups excluding tert-OH is 1. The second-order valence-corrected chi connectivity index (χ2v) is 1.96. The minimum absolute atomic E-state index is 0.223. The standard InChI is InChI=1S/C9H9O/c1-2-9(10)8-6-4-3-5-7-8/h2-7,10H,1H2. The summed E-state index contributed by atoms with van der Waals surface area (Å²) in [5.74, 6) is 0. The van der Waals surface area contributed by atoms with Crippen LogP contribution in [-0.4, -0.2) is 5.11 Å². The maximum absolute atomic E-state index is 9.13. The smallest absolute Gasteiger partial charge is 0.144 e. The van der Waals surface area contributed by atoms with Crippen LogP contribution in [0.5, 0.6) is 0 Å². The van der Waals surface area contributed by atoms with E-state index < -0.39 is 0 Å². The summed E-state index contributed by atoms with van der Waals surface area (Å²) in [7, 11) is 0. The van der Waals surface area contributed by atoms with Gasteiger partial charge < -0.3 is 5.11 Å². The number of hydrogen-bond acceptors (Lipinski definition) is 1. The van der Waals surface area contributed by atoms with Crippen molar-refractivity contribution in [3.8, 4) is 0 Å². The quantitative estimate of drug-likeness (QED) is 0.655. The van der Waals surface area contributed by atoms with Gasteiger partial charge in [-0.1, -0.05) is 43.0 Å². The van der Waals surface area contributed by atoms with E-state index in [4.69, 9.17) is 5.11 Å². The van der Waals surface area contributed by atoms with Gasteiger partial charge in [0.15, 0.2) is 0 Å². The Balaban J connectivity index is 2.84. The van der Waals surface area contributed by atoms with E-state index in [2.05, 4.69) is 6.58 Å². The predicted octanol–water partition coefficient (Wildman–Crippen LogP) is 2.13. The van der Waals surface area contributed by atoms with E-state index >= 15 is 0 Å². The fourth-order valence-corrected chi connectivity index (χ4v) is 0.727. The number of rotatable bonds is 2. The molecule has 0 aromatic heterocycles. The lowest BCUT2D eigenvalue weighted by molar-refractivity contribution is 0.363. The highest BCUT2D eigenvalue weighted by atomic mass is 16.3. The molecule has 0 fully saturated rings. The number of benzene rings is 1. The highest BCUT2D eigenvalue weighted by Crippen LogP contribution is 2.10. The molecule has 51 valence electrons. The van der Waals surface area contributed by atoms with E-state index in [1.54, 1.807) is 0 Å². The zero-order valence-corrected chi connectivity index (χ0v) is 5.62. The molecule has 0 atom stereocenters. The van der Waals surface area contributed by atoms with E-state index in [1.807, 2.05) is 30.3 Å². The molecule has 1 rings (SSSR count). The molecule has 10 heavy (non-hydrogen) atoms. The van der Waals surface area contributed by atoms with Gasteiger partial charge in [0.25, 0.3) is 0 Å². The van der Waals surface area contributed by atoms with E-state index in [-0.39, 0.29) is 6.10 Å².